The largest absolute Gasteiger partial charge is 0.490 e. The van der Waals surface area contributed by atoms with Crippen molar-refractivity contribution in [3.8, 4) is 11.5 Å². The summed E-state index contributed by atoms with van der Waals surface area (Å²) in [5.41, 5.74) is 1.45. The maximum atomic E-state index is 12.6. The molecule has 0 bridgehead atoms. The Hall–Kier alpha value is -2.68. The van der Waals surface area contributed by atoms with Crippen LogP contribution in [0.3, 0.4) is 0 Å². The Morgan fingerprint density at radius 2 is 1.79 bits per heavy atom. The highest BCUT2D eigenvalue weighted by Gasteiger charge is 2.36. The van der Waals surface area contributed by atoms with E-state index in [9.17, 15) is 14.4 Å². The molecule has 0 N–H and O–H groups in total. The van der Waals surface area contributed by atoms with Crippen molar-refractivity contribution in [1.29, 1.82) is 0 Å². The Morgan fingerprint density at radius 1 is 1.06 bits per heavy atom. The minimum Gasteiger partial charge on any atom is -0.490 e. The van der Waals surface area contributed by atoms with Gasteiger partial charge in [-0.15, -0.1) is 0 Å². The van der Waals surface area contributed by atoms with Gasteiger partial charge in [-0.25, -0.2) is 0 Å². The van der Waals surface area contributed by atoms with Crippen molar-refractivity contribution in [3.63, 3.8) is 0 Å². The summed E-state index contributed by atoms with van der Waals surface area (Å²) in [5, 5.41) is 0.369. The summed E-state index contributed by atoms with van der Waals surface area (Å²) in [4.78, 5) is 37.5. The van der Waals surface area contributed by atoms with Crippen LogP contribution >= 0.6 is 35.0 Å². The lowest BCUT2D eigenvalue weighted by Gasteiger charge is -2.15. The van der Waals surface area contributed by atoms with E-state index in [4.69, 9.17) is 37.4 Å². The van der Waals surface area contributed by atoms with Crippen LogP contribution in [-0.4, -0.2) is 41.8 Å². The van der Waals surface area contributed by atoms with Gasteiger partial charge in [-0.1, -0.05) is 35.3 Å². The highest BCUT2D eigenvalue weighted by atomic mass is 35.5. The van der Waals surface area contributed by atoms with Crippen molar-refractivity contribution in [2.45, 2.75) is 20.5 Å². The monoisotopic (exact) mass is 509 g/mol. The molecule has 33 heavy (non-hydrogen) atoms. The third-order valence-corrected chi connectivity index (χ3v) is 5.83. The number of imide groups is 1. The van der Waals surface area contributed by atoms with E-state index in [0.29, 0.717) is 28.7 Å². The van der Waals surface area contributed by atoms with Crippen LogP contribution in [-0.2, 0) is 20.9 Å². The maximum absolute atomic E-state index is 12.6. The van der Waals surface area contributed by atoms with Crippen LogP contribution in [0.5, 0.6) is 11.5 Å². The second-order valence-corrected chi connectivity index (χ2v) is 8.59. The van der Waals surface area contributed by atoms with E-state index in [0.717, 1.165) is 22.2 Å². The molecule has 1 aliphatic rings. The van der Waals surface area contributed by atoms with Gasteiger partial charge >= 0.3 is 5.97 Å². The van der Waals surface area contributed by atoms with Gasteiger partial charge in [0.2, 0.25) is 0 Å². The summed E-state index contributed by atoms with van der Waals surface area (Å²) in [5.74, 6) is -0.461. The number of nitrogens with zero attached hydrogens (tertiary/aromatic N) is 1. The molecule has 174 valence electrons. The lowest BCUT2D eigenvalue weighted by atomic mass is 10.1. The van der Waals surface area contributed by atoms with E-state index < -0.39 is 23.7 Å². The zero-order chi connectivity index (χ0) is 24.0. The Kier molecular flexibility index (Phi) is 8.66. The lowest BCUT2D eigenvalue weighted by Crippen LogP contribution is -2.34. The minimum absolute atomic E-state index is 0.163. The third-order valence-electron chi connectivity index (χ3n) is 4.39. The second kappa shape index (κ2) is 11.4. The normalized spacial score (nSPS) is 14.7. The van der Waals surface area contributed by atoms with Crippen LogP contribution in [0.1, 0.15) is 25.0 Å². The number of ether oxygens (including phenoxy) is 3. The van der Waals surface area contributed by atoms with E-state index >= 15 is 0 Å². The standard InChI is InChI=1S/C23H21Cl2NO6S/c1-3-30-18-10-15(9-17(25)21(18)32-13-14-5-7-16(24)8-6-14)11-19-22(28)26(23(29)33-19)12-20(27)31-4-2/h5-11H,3-4,12-13H2,1-2H3/b19-11+. The SMILES string of the molecule is CCOC(=O)CN1C(=O)S/C(=C/c2cc(Cl)c(OCc3ccc(Cl)cc3)c(OCC)c2)C1=O. The van der Waals surface area contributed by atoms with Crippen LogP contribution < -0.4 is 9.47 Å². The van der Waals surface area contributed by atoms with Gasteiger partial charge in [0.1, 0.15) is 13.2 Å². The number of hydrogen-bond acceptors (Lipinski definition) is 7. The summed E-state index contributed by atoms with van der Waals surface area (Å²) >= 11 is 13.1. The Morgan fingerprint density at radius 3 is 2.45 bits per heavy atom. The molecule has 3 rings (SSSR count). The van der Waals surface area contributed by atoms with Gasteiger partial charge in [-0.3, -0.25) is 19.3 Å². The van der Waals surface area contributed by atoms with E-state index in [1.165, 1.54) is 6.08 Å². The molecule has 1 aliphatic heterocycles. The maximum Gasteiger partial charge on any atom is 0.326 e. The fourth-order valence-electron chi connectivity index (χ4n) is 2.93. The summed E-state index contributed by atoms with van der Waals surface area (Å²) in [6, 6.07) is 10.5. The van der Waals surface area contributed by atoms with Crippen LogP contribution in [0, 0.1) is 0 Å². The van der Waals surface area contributed by atoms with Gasteiger partial charge in [-0.05, 0) is 67.1 Å². The first kappa shape index (κ1) is 25.0. The smallest absolute Gasteiger partial charge is 0.326 e. The number of rotatable bonds is 9. The number of halogens is 2. The molecule has 1 fully saturated rings. The van der Waals surface area contributed by atoms with E-state index in [1.807, 2.05) is 19.1 Å². The topological polar surface area (TPSA) is 82.1 Å². The molecular formula is C23H21Cl2NO6S. The Labute approximate surface area is 205 Å². The molecule has 10 heteroatoms. The zero-order valence-corrected chi connectivity index (χ0v) is 20.3. The molecule has 0 aromatic heterocycles. The first-order chi connectivity index (χ1) is 15.8. The summed E-state index contributed by atoms with van der Waals surface area (Å²) in [6.07, 6.45) is 1.52. The molecule has 0 atom stereocenters. The number of thioether (sulfide) groups is 1. The van der Waals surface area contributed by atoms with Crippen molar-refractivity contribution in [2.75, 3.05) is 19.8 Å². The van der Waals surface area contributed by atoms with Crippen LogP contribution in [0.2, 0.25) is 10.0 Å². The summed E-state index contributed by atoms with van der Waals surface area (Å²) < 4.78 is 16.4. The van der Waals surface area contributed by atoms with E-state index in [-0.39, 0.29) is 23.1 Å². The van der Waals surface area contributed by atoms with Crippen LogP contribution in [0.4, 0.5) is 4.79 Å². The van der Waals surface area contributed by atoms with E-state index in [1.54, 1.807) is 31.2 Å². The average molecular weight is 510 g/mol. The van der Waals surface area contributed by atoms with Crippen molar-refractivity contribution >= 4 is 58.2 Å². The lowest BCUT2D eigenvalue weighted by molar-refractivity contribution is -0.145. The van der Waals surface area contributed by atoms with E-state index in [2.05, 4.69) is 0 Å². The van der Waals surface area contributed by atoms with Crippen molar-refractivity contribution in [3.05, 3.63) is 62.5 Å². The minimum atomic E-state index is -0.648. The van der Waals surface area contributed by atoms with Gasteiger partial charge < -0.3 is 14.2 Å². The highest BCUT2D eigenvalue weighted by molar-refractivity contribution is 8.18. The molecule has 2 aromatic rings. The van der Waals surface area contributed by atoms with Gasteiger partial charge in [0, 0.05) is 5.02 Å². The van der Waals surface area contributed by atoms with Crippen molar-refractivity contribution < 1.29 is 28.6 Å². The van der Waals surface area contributed by atoms with Crippen molar-refractivity contribution in [2.24, 2.45) is 0 Å². The molecule has 0 radical (unpaired) electrons. The second-order valence-electron chi connectivity index (χ2n) is 6.75. The van der Waals surface area contributed by atoms with Crippen LogP contribution in [0.25, 0.3) is 6.08 Å². The molecule has 0 saturated carbocycles. The number of benzene rings is 2. The molecule has 1 heterocycles. The van der Waals surface area contributed by atoms with Crippen molar-refractivity contribution in [1.82, 2.24) is 4.90 Å². The highest BCUT2D eigenvalue weighted by Crippen LogP contribution is 2.39. The van der Waals surface area contributed by atoms with Gasteiger partial charge in [0.05, 0.1) is 23.1 Å². The molecule has 0 aliphatic carbocycles. The third kappa shape index (κ3) is 6.43. The van der Waals surface area contributed by atoms with Crippen LogP contribution in [0.15, 0.2) is 41.3 Å². The fourth-order valence-corrected chi connectivity index (χ4v) is 4.17. The molecule has 2 amide bonds. The molecule has 1 saturated heterocycles. The predicted molar refractivity (Wildman–Crippen MR) is 128 cm³/mol. The number of esters is 1. The Balaban J connectivity index is 1.81. The predicted octanol–water partition coefficient (Wildman–Crippen LogP) is 5.57. The molecule has 0 spiro atoms. The zero-order valence-electron chi connectivity index (χ0n) is 17.9. The molecule has 2 aromatic carbocycles. The first-order valence-corrected chi connectivity index (χ1v) is 11.6. The number of amides is 2. The van der Waals surface area contributed by atoms with Gasteiger partial charge in [-0.2, -0.15) is 0 Å². The first-order valence-electron chi connectivity index (χ1n) is 10.1. The number of carbonyl (C=O) groups is 3. The number of carbonyl (C=O) groups excluding carboxylic acids is 3. The summed E-state index contributed by atoms with van der Waals surface area (Å²) in [7, 11) is 0. The average Bonchev–Trinajstić information content (AvgIpc) is 3.02. The number of hydrogen-bond donors (Lipinski definition) is 0. The quantitative estimate of drug-likeness (QED) is 0.322. The Bertz CT molecular complexity index is 1090. The molecular weight excluding hydrogens is 489 g/mol. The van der Waals surface area contributed by atoms with Gasteiger partial charge in [0.15, 0.2) is 11.5 Å². The summed E-state index contributed by atoms with van der Waals surface area (Å²) in [6.45, 7) is 3.82. The fraction of sp³-hybridized carbons (Fsp3) is 0.261. The molecule has 0 unspecified atom stereocenters. The molecule has 7 nitrogen and oxygen atoms in total. The van der Waals surface area contributed by atoms with Gasteiger partial charge in [0.25, 0.3) is 11.1 Å².